The number of carbonyl (C=O) groups excluding carboxylic acids is 2. The highest BCUT2D eigenvalue weighted by atomic mass is 35.5. The number of halogens is 1. The molecule has 11 heteroatoms. The van der Waals surface area contributed by atoms with Crippen LogP contribution >= 0.6 is 11.6 Å². The van der Waals surface area contributed by atoms with E-state index in [-0.39, 0.29) is 42.3 Å². The third-order valence-corrected chi connectivity index (χ3v) is 8.40. The number of nitrogens with one attached hydrogen (secondary N) is 1. The number of quaternary nitrogens is 1. The third kappa shape index (κ3) is 4.45. The summed E-state index contributed by atoms with van der Waals surface area (Å²) >= 11 is 6.01. The molecule has 1 atom stereocenters. The van der Waals surface area contributed by atoms with Crippen molar-refractivity contribution < 1.29 is 23.1 Å². The van der Waals surface area contributed by atoms with Crippen molar-refractivity contribution in [2.24, 2.45) is 0 Å². The molecule has 3 aromatic rings. The smallest absolute Gasteiger partial charge is 0.354 e. The van der Waals surface area contributed by atoms with E-state index >= 15 is 0 Å². The molecular formula is C25H21ClN4O5S. The Kier molecular flexibility index (Phi) is 6.45. The number of hydrogen-bond acceptors (Lipinski definition) is 6. The molecule has 1 unspecified atom stereocenters. The van der Waals surface area contributed by atoms with Crippen molar-refractivity contribution in [2.75, 3.05) is 26.2 Å². The molecule has 9 nitrogen and oxygen atoms in total. The Morgan fingerprint density at radius 3 is 2.33 bits per heavy atom. The van der Waals surface area contributed by atoms with Gasteiger partial charge < -0.3 is 10.1 Å². The van der Waals surface area contributed by atoms with E-state index < -0.39 is 26.9 Å². The molecule has 2 amide bonds. The molecule has 1 saturated heterocycles. The van der Waals surface area contributed by atoms with Gasteiger partial charge in [-0.2, -0.15) is 4.31 Å². The van der Waals surface area contributed by atoms with E-state index in [0.29, 0.717) is 10.6 Å². The van der Waals surface area contributed by atoms with Crippen molar-refractivity contribution in [1.82, 2.24) is 14.2 Å². The van der Waals surface area contributed by atoms with E-state index in [0.717, 1.165) is 10.8 Å². The number of benzene rings is 2. The molecule has 1 aromatic heterocycles. The molecule has 3 heterocycles. The SMILES string of the molecule is O=C(C1=CC=C(c2ccncc2)[NH+]([O-])C1=O)N1CCN(S(=O)(=O)c2ccc3cc(Cl)ccc3c2)CC1. The van der Waals surface area contributed by atoms with Gasteiger partial charge in [-0.05, 0) is 53.2 Å². The Morgan fingerprint density at radius 1 is 0.944 bits per heavy atom. The molecule has 0 bridgehead atoms. The van der Waals surface area contributed by atoms with Gasteiger partial charge >= 0.3 is 5.91 Å². The summed E-state index contributed by atoms with van der Waals surface area (Å²) in [6.45, 7) is 0.336. The van der Waals surface area contributed by atoms with E-state index in [2.05, 4.69) is 4.98 Å². The fourth-order valence-electron chi connectivity index (χ4n) is 4.30. The molecule has 0 aliphatic carbocycles. The normalized spacial score (nSPS) is 19.2. The Balaban J connectivity index is 1.30. The third-order valence-electron chi connectivity index (χ3n) is 6.27. The van der Waals surface area contributed by atoms with Crippen molar-refractivity contribution in [3.63, 3.8) is 0 Å². The summed E-state index contributed by atoms with van der Waals surface area (Å²) in [5, 5.41) is 14.0. The van der Waals surface area contributed by atoms with Gasteiger partial charge in [0.2, 0.25) is 10.0 Å². The van der Waals surface area contributed by atoms with Crippen LogP contribution in [-0.2, 0) is 19.6 Å². The van der Waals surface area contributed by atoms with Gasteiger partial charge in [0.15, 0.2) is 0 Å². The summed E-state index contributed by atoms with van der Waals surface area (Å²) in [7, 11) is -3.78. The largest absolute Gasteiger partial charge is 0.621 e. The van der Waals surface area contributed by atoms with Crippen LogP contribution in [0, 0.1) is 5.21 Å². The van der Waals surface area contributed by atoms with E-state index in [1.807, 2.05) is 0 Å². The quantitative estimate of drug-likeness (QED) is 0.409. The number of hydrogen-bond donors (Lipinski definition) is 1. The Bertz CT molecular complexity index is 1530. The first-order valence-electron chi connectivity index (χ1n) is 11.2. The molecule has 2 aromatic carbocycles. The van der Waals surface area contributed by atoms with Crippen LogP contribution in [0.15, 0.2) is 83.5 Å². The number of amides is 2. The van der Waals surface area contributed by atoms with Crippen molar-refractivity contribution in [1.29, 1.82) is 0 Å². The maximum atomic E-state index is 13.2. The van der Waals surface area contributed by atoms with Crippen LogP contribution in [0.1, 0.15) is 5.56 Å². The summed E-state index contributed by atoms with van der Waals surface area (Å²) in [5.74, 6) is -1.46. The van der Waals surface area contributed by atoms with E-state index in [9.17, 15) is 23.2 Å². The van der Waals surface area contributed by atoms with Gasteiger partial charge in [0, 0.05) is 55.2 Å². The Hall–Kier alpha value is -3.41. The molecule has 36 heavy (non-hydrogen) atoms. The number of carbonyl (C=O) groups is 2. The minimum absolute atomic E-state index is 0.0697. The first-order valence-corrected chi connectivity index (χ1v) is 13.0. The molecule has 2 aliphatic heterocycles. The van der Waals surface area contributed by atoms with Crippen molar-refractivity contribution in [2.45, 2.75) is 4.90 Å². The van der Waals surface area contributed by atoms with Crippen LogP contribution in [0.4, 0.5) is 0 Å². The number of nitrogens with zero attached hydrogens (tertiary/aromatic N) is 3. The highest BCUT2D eigenvalue weighted by molar-refractivity contribution is 7.89. The summed E-state index contributed by atoms with van der Waals surface area (Å²) in [6, 6.07) is 13.3. The number of fused-ring (bicyclic) bond motifs is 1. The standard InChI is InChI=1S/C25H21ClN4O5S/c26-20-3-1-19-16-21(4-2-18(19)15-20)36(34,35)29-13-11-28(12-14-29)24(31)22-5-6-23(30(33)25(22)32)17-7-9-27-10-8-17/h1-10,15-16,30H,11-14H2. The summed E-state index contributed by atoms with van der Waals surface area (Å²) < 4.78 is 27.7. The monoisotopic (exact) mass is 524 g/mol. The lowest BCUT2D eigenvalue weighted by atomic mass is 10.1. The van der Waals surface area contributed by atoms with Crippen LogP contribution in [0.25, 0.3) is 16.5 Å². The Labute approximate surface area is 212 Å². The van der Waals surface area contributed by atoms with Gasteiger partial charge in [0.25, 0.3) is 5.91 Å². The molecule has 1 N–H and O–H groups in total. The molecule has 2 aliphatic rings. The molecule has 0 spiro atoms. The molecule has 5 rings (SSSR count). The fraction of sp³-hybridized carbons (Fsp3) is 0.160. The predicted molar refractivity (Wildman–Crippen MR) is 134 cm³/mol. The second-order valence-electron chi connectivity index (χ2n) is 8.40. The second-order valence-corrected chi connectivity index (χ2v) is 10.8. The number of pyridine rings is 1. The number of aromatic nitrogens is 1. The van der Waals surface area contributed by atoms with Crippen LogP contribution in [-0.4, -0.2) is 60.6 Å². The van der Waals surface area contributed by atoms with Crippen LogP contribution in [0.2, 0.25) is 5.02 Å². The van der Waals surface area contributed by atoms with Gasteiger partial charge in [-0.25, -0.2) is 13.2 Å². The van der Waals surface area contributed by atoms with Crippen LogP contribution in [0.3, 0.4) is 0 Å². The van der Waals surface area contributed by atoms with Crippen molar-refractivity contribution in [3.8, 4) is 0 Å². The first kappa shape index (κ1) is 24.3. The van der Waals surface area contributed by atoms with Crippen LogP contribution in [0.5, 0.6) is 0 Å². The molecule has 0 radical (unpaired) electrons. The van der Waals surface area contributed by atoms with Crippen molar-refractivity contribution >= 4 is 49.9 Å². The lowest BCUT2D eigenvalue weighted by Crippen LogP contribution is -3.08. The number of hydroxylamine groups is 2. The highest BCUT2D eigenvalue weighted by Crippen LogP contribution is 2.25. The molecule has 1 fully saturated rings. The van der Waals surface area contributed by atoms with E-state index in [4.69, 9.17) is 11.6 Å². The molecule has 0 saturated carbocycles. The summed E-state index contributed by atoms with van der Waals surface area (Å²) in [5.41, 5.74) is 0.525. The molecular weight excluding hydrogens is 504 g/mol. The zero-order valence-electron chi connectivity index (χ0n) is 18.9. The fourth-order valence-corrected chi connectivity index (χ4v) is 5.93. The number of sulfonamides is 1. The lowest BCUT2D eigenvalue weighted by Gasteiger charge is -2.35. The highest BCUT2D eigenvalue weighted by Gasteiger charge is 2.36. The minimum atomic E-state index is -3.78. The maximum absolute atomic E-state index is 13.2. The van der Waals surface area contributed by atoms with Gasteiger partial charge in [0.1, 0.15) is 11.3 Å². The van der Waals surface area contributed by atoms with Gasteiger partial charge in [-0.15, -0.1) is 0 Å². The zero-order valence-corrected chi connectivity index (χ0v) is 20.5. The Morgan fingerprint density at radius 2 is 1.61 bits per heavy atom. The second kappa shape index (κ2) is 9.57. The average Bonchev–Trinajstić information content (AvgIpc) is 2.90. The van der Waals surface area contributed by atoms with Crippen molar-refractivity contribution in [3.05, 3.63) is 94.4 Å². The minimum Gasteiger partial charge on any atom is -0.621 e. The van der Waals surface area contributed by atoms with Gasteiger partial charge in [-0.3, -0.25) is 14.8 Å². The van der Waals surface area contributed by atoms with E-state index in [1.54, 1.807) is 42.5 Å². The number of allylic oxidation sites excluding steroid dienone is 2. The van der Waals surface area contributed by atoms with Gasteiger partial charge in [-0.1, -0.05) is 23.7 Å². The summed E-state index contributed by atoms with van der Waals surface area (Å²) in [6.07, 6.45) is 5.84. The topological polar surface area (TPSA) is 115 Å². The summed E-state index contributed by atoms with van der Waals surface area (Å²) in [4.78, 5) is 31.2. The molecule has 184 valence electrons. The number of rotatable bonds is 4. The van der Waals surface area contributed by atoms with E-state index in [1.165, 1.54) is 39.8 Å². The average molecular weight is 525 g/mol. The maximum Gasteiger partial charge on any atom is 0.354 e. The predicted octanol–water partition coefficient (Wildman–Crippen LogP) is 1.61. The van der Waals surface area contributed by atoms with Gasteiger partial charge in [0.05, 0.1) is 4.90 Å². The lowest BCUT2D eigenvalue weighted by molar-refractivity contribution is -0.678. The first-order chi connectivity index (χ1) is 17.3. The number of piperazine rings is 1. The van der Waals surface area contributed by atoms with Crippen LogP contribution < -0.4 is 5.06 Å². The zero-order chi connectivity index (χ0) is 25.4.